The number of nitrogens with zero attached hydrogens (tertiary/aromatic N) is 3. The van der Waals surface area contributed by atoms with Gasteiger partial charge in [-0.05, 0) is 18.7 Å². The Kier molecular flexibility index (Phi) is 4.96. The van der Waals surface area contributed by atoms with Crippen LogP contribution in [-0.2, 0) is 0 Å². The number of thioether (sulfide) groups is 1. The van der Waals surface area contributed by atoms with E-state index in [2.05, 4.69) is 15.0 Å². The molecule has 0 aliphatic heterocycles. The molecule has 0 amide bonds. The summed E-state index contributed by atoms with van der Waals surface area (Å²) in [7, 11) is 0. The van der Waals surface area contributed by atoms with Crippen molar-refractivity contribution in [3.63, 3.8) is 0 Å². The van der Waals surface area contributed by atoms with Crippen LogP contribution in [0.15, 0.2) is 17.6 Å². The van der Waals surface area contributed by atoms with Crippen molar-refractivity contribution in [2.24, 2.45) is 0 Å². The minimum Gasteiger partial charge on any atom is -0.243 e. The highest BCUT2D eigenvalue weighted by molar-refractivity contribution is 7.98. The third-order valence-corrected chi connectivity index (χ3v) is 2.78. The maximum Gasteiger partial charge on any atom is 0.187 e. The first-order valence-corrected chi connectivity index (χ1v) is 6.64. The second kappa shape index (κ2) is 6.01. The van der Waals surface area contributed by atoms with Crippen LogP contribution >= 0.6 is 23.4 Å². The van der Waals surface area contributed by atoms with Gasteiger partial charge in [0.2, 0.25) is 0 Å². The van der Waals surface area contributed by atoms with E-state index in [0.29, 0.717) is 5.15 Å². The van der Waals surface area contributed by atoms with Gasteiger partial charge < -0.3 is 0 Å². The summed E-state index contributed by atoms with van der Waals surface area (Å²) < 4.78 is 0. The lowest BCUT2D eigenvalue weighted by Crippen LogP contribution is -1.91. The fourth-order valence-electron chi connectivity index (χ4n) is 1.20. The molecule has 0 aliphatic rings. The molecule has 0 unspecified atom stereocenters. The Morgan fingerprint density at radius 3 is 2.50 bits per heavy atom. The summed E-state index contributed by atoms with van der Waals surface area (Å²) in [6.45, 7) is 5.96. The number of aromatic nitrogens is 3. The third-order valence-electron chi connectivity index (χ3n) is 1.92. The van der Waals surface area contributed by atoms with Gasteiger partial charge in [0.25, 0.3) is 0 Å². The Hall–Kier alpha value is -0.870. The average Bonchev–Trinajstić information content (AvgIpc) is 2.36. The van der Waals surface area contributed by atoms with Gasteiger partial charge in [0, 0.05) is 12.4 Å². The molecule has 2 heterocycles. The summed E-state index contributed by atoms with van der Waals surface area (Å²) in [5, 5.41) is 2.02. The maximum absolute atomic E-state index is 5.93. The minimum absolute atomic E-state index is 0.457. The second-order valence-electron chi connectivity index (χ2n) is 2.85. The number of halogens is 1. The molecule has 0 saturated heterocycles. The molecule has 2 rings (SSSR count). The van der Waals surface area contributed by atoms with E-state index in [4.69, 9.17) is 11.6 Å². The monoisotopic (exact) mass is 255 g/mol. The molecule has 86 valence electrons. The fourth-order valence-corrected chi connectivity index (χ4v) is 1.73. The van der Waals surface area contributed by atoms with Crippen molar-refractivity contribution in [1.29, 1.82) is 0 Å². The molecule has 2 aromatic heterocycles. The number of pyridine rings is 1. The van der Waals surface area contributed by atoms with Crippen molar-refractivity contribution < 1.29 is 0 Å². The Balaban J connectivity index is 0.000000606. The van der Waals surface area contributed by atoms with E-state index < -0.39 is 0 Å². The van der Waals surface area contributed by atoms with Crippen molar-refractivity contribution in [2.75, 3.05) is 6.26 Å². The van der Waals surface area contributed by atoms with E-state index in [1.807, 2.05) is 27.0 Å². The second-order valence-corrected chi connectivity index (χ2v) is 3.98. The molecule has 0 fully saturated rings. The largest absolute Gasteiger partial charge is 0.243 e. The molecule has 0 spiro atoms. The lowest BCUT2D eigenvalue weighted by Gasteiger charge is -2.03. The number of fused-ring (bicyclic) bond motifs is 1. The molecule has 16 heavy (non-hydrogen) atoms. The molecule has 2 aromatic rings. The standard InChI is InChI=1S/C9H8ClN3S.C2H6/c1-5-3-11-8(10)6-4-12-9(14-2)13-7(5)6;1-2/h3-4H,1-2H3;1-2H3. The van der Waals surface area contributed by atoms with Crippen LogP contribution in [0.2, 0.25) is 5.15 Å². The molecule has 0 aromatic carbocycles. The lowest BCUT2D eigenvalue weighted by molar-refractivity contribution is 1.000. The molecular weight excluding hydrogens is 242 g/mol. The van der Waals surface area contributed by atoms with Crippen LogP contribution in [0, 0.1) is 6.92 Å². The predicted octanol–water partition coefficient (Wildman–Crippen LogP) is 3.73. The Morgan fingerprint density at radius 2 is 1.88 bits per heavy atom. The normalized spacial score (nSPS) is 9.81. The zero-order chi connectivity index (χ0) is 12.1. The summed E-state index contributed by atoms with van der Waals surface area (Å²) in [5.74, 6) is 0. The number of rotatable bonds is 1. The number of hydrogen-bond acceptors (Lipinski definition) is 4. The lowest BCUT2D eigenvalue weighted by atomic mass is 10.2. The molecule has 0 radical (unpaired) electrons. The first-order valence-electron chi connectivity index (χ1n) is 5.04. The fraction of sp³-hybridized carbons (Fsp3) is 0.364. The highest BCUT2D eigenvalue weighted by Crippen LogP contribution is 2.23. The molecule has 0 N–H and O–H groups in total. The SMILES string of the molecule is CC.CSc1ncc2c(Cl)ncc(C)c2n1. The van der Waals surface area contributed by atoms with Crippen LogP contribution in [0.1, 0.15) is 19.4 Å². The Bertz CT molecular complexity index is 488. The molecule has 0 saturated carbocycles. The first-order chi connectivity index (χ1) is 7.72. The van der Waals surface area contributed by atoms with Crippen LogP contribution in [0.4, 0.5) is 0 Å². The first kappa shape index (κ1) is 13.2. The van der Waals surface area contributed by atoms with Gasteiger partial charge in [-0.2, -0.15) is 0 Å². The molecule has 5 heteroatoms. The minimum atomic E-state index is 0.457. The topological polar surface area (TPSA) is 38.7 Å². The van der Waals surface area contributed by atoms with Crippen LogP contribution in [0.3, 0.4) is 0 Å². The van der Waals surface area contributed by atoms with Gasteiger partial charge in [-0.3, -0.25) is 0 Å². The number of hydrogen-bond donors (Lipinski definition) is 0. The zero-order valence-electron chi connectivity index (χ0n) is 9.78. The van der Waals surface area contributed by atoms with Gasteiger partial charge in [-0.25, -0.2) is 15.0 Å². The van der Waals surface area contributed by atoms with Crippen molar-refractivity contribution in [1.82, 2.24) is 15.0 Å². The zero-order valence-corrected chi connectivity index (χ0v) is 11.4. The average molecular weight is 256 g/mol. The van der Waals surface area contributed by atoms with Gasteiger partial charge in [-0.1, -0.05) is 37.2 Å². The van der Waals surface area contributed by atoms with Crippen molar-refractivity contribution in [2.45, 2.75) is 25.9 Å². The maximum atomic E-state index is 5.93. The third kappa shape index (κ3) is 2.62. The molecular formula is C11H14ClN3S. The van der Waals surface area contributed by atoms with Crippen LogP contribution in [-0.4, -0.2) is 21.2 Å². The molecule has 0 aliphatic carbocycles. The quantitative estimate of drug-likeness (QED) is 0.442. The van der Waals surface area contributed by atoms with Crippen molar-refractivity contribution >= 4 is 34.3 Å². The summed E-state index contributed by atoms with van der Waals surface area (Å²) in [4.78, 5) is 12.6. The van der Waals surface area contributed by atoms with E-state index in [1.54, 1.807) is 12.4 Å². The number of aryl methyl sites for hydroxylation is 1. The predicted molar refractivity (Wildman–Crippen MR) is 70.2 cm³/mol. The van der Waals surface area contributed by atoms with E-state index in [1.165, 1.54) is 11.8 Å². The van der Waals surface area contributed by atoms with Gasteiger partial charge in [0.1, 0.15) is 5.15 Å². The van der Waals surface area contributed by atoms with Gasteiger partial charge in [0.15, 0.2) is 5.16 Å². The highest BCUT2D eigenvalue weighted by atomic mass is 35.5. The van der Waals surface area contributed by atoms with Gasteiger partial charge in [-0.15, -0.1) is 0 Å². The van der Waals surface area contributed by atoms with E-state index in [0.717, 1.165) is 21.6 Å². The molecule has 0 atom stereocenters. The van der Waals surface area contributed by atoms with Crippen molar-refractivity contribution in [3.8, 4) is 0 Å². The molecule has 3 nitrogen and oxygen atoms in total. The summed E-state index contributed by atoms with van der Waals surface area (Å²) in [6, 6.07) is 0. The highest BCUT2D eigenvalue weighted by Gasteiger charge is 2.06. The summed E-state index contributed by atoms with van der Waals surface area (Å²) in [5.41, 5.74) is 1.89. The molecule has 0 bridgehead atoms. The van der Waals surface area contributed by atoms with Gasteiger partial charge >= 0.3 is 0 Å². The summed E-state index contributed by atoms with van der Waals surface area (Å²) >= 11 is 7.44. The Labute approximate surface area is 105 Å². The summed E-state index contributed by atoms with van der Waals surface area (Å²) in [6.07, 6.45) is 5.39. The smallest absolute Gasteiger partial charge is 0.187 e. The van der Waals surface area contributed by atoms with E-state index in [9.17, 15) is 0 Å². The van der Waals surface area contributed by atoms with Crippen LogP contribution in [0.25, 0.3) is 10.9 Å². The Morgan fingerprint density at radius 1 is 1.19 bits per heavy atom. The van der Waals surface area contributed by atoms with E-state index >= 15 is 0 Å². The van der Waals surface area contributed by atoms with Gasteiger partial charge in [0.05, 0.1) is 10.9 Å². The van der Waals surface area contributed by atoms with Crippen LogP contribution in [0.5, 0.6) is 0 Å². The van der Waals surface area contributed by atoms with E-state index in [-0.39, 0.29) is 0 Å². The van der Waals surface area contributed by atoms with Crippen LogP contribution < -0.4 is 0 Å². The van der Waals surface area contributed by atoms with Crippen molar-refractivity contribution in [3.05, 3.63) is 23.1 Å².